The van der Waals surface area contributed by atoms with Crippen molar-refractivity contribution >= 4 is 18.6 Å². The molecule has 2 aromatic rings. The summed E-state index contributed by atoms with van der Waals surface area (Å²) >= 11 is 5.03. The molecule has 1 heterocycles. The van der Waals surface area contributed by atoms with Crippen LogP contribution in [0.4, 0.5) is 0 Å². The van der Waals surface area contributed by atoms with E-state index in [0.717, 1.165) is 11.1 Å². The molecule has 7 nitrogen and oxygen atoms in total. The van der Waals surface area contributed by atoms with Crippen LogP contribution in [0, 0.1) is 4.64 Å². The van der Waals surface area contributed by atoms with Gasteiger partial charge in [0.25, 0.3) is 0 Å². The second-order valence-electron chi connectivity index (χ2n) is 6.16. The molecule has 26 heavy (non-hydrogen) atoms. The van der Waals surface area contributed by atoms with Crippen molar-refractivity contribution in [3.63, 3.8) is 0 Å². The molecule has 8 heteroatoms. The maximum Gasteiger partial charge on any atom is 0.207 e. The molecular formula is C18H24N4O3S. The van der Waals surface area contributed by atoms with E-state index in [-0.39, 0.29) is 6.61 Å². The summed E-state index contributed by atoms with van der Waals surface area (Å²) in [5, 5.41) is 22.9. The fraction of sp³-hybridized carbons (Fsp3) is 0.389. The topological polar surface area (TPSA) is 99.3 Å². The van der Waals surface area contributed by atoms with Crippen LogP contribution in [0.2, 0.25) is 0 Å². The van der Waals surface area contributed by atoms with E-state index in [1.165, 1.54) is 0 Å². The number of amides is 1. The number of ether oxygens (including phenoxy) is 1. The van der Waals surface area contributed by atoms with Gasteiger partial charge in [0.05, 0.1) is 5.69 Å². The van der Waals surface area contributed by atoms with Gasteiger partial charge in [-0.1, -0.05) is 32.1 Å². The summed E-state index contributed by atoms with van der Waals surface area (Å²) in [6.07, 6.45) is 0.0244. The largest absolute Gasteiger partial charge is 0.490 e. The predicted octanol–water partition coefficient (Wildman–Crippen LogP) is 1.79. The number of H-pyrrole nitrogens is 1. The second kappa shape index (κ2) is 10.0. The van der Waals surface area contributed by atoms with E-state index in [9.17, 15) is 9.90 Å². The van der Waals surface area contributed by atoms with E-state index < -0.39 is 6.10 Å². The summed E-state index contributed by atoms with van der Waals surface area (Å²) in [7, 11) is 0. The summed E-state index contributed by atoms with van der Waals surface area (Å²) in [5.41, 5.74) is 2.33. The van der Waals surface area contributed by atoms with Crippen LogP contribution in [0.5, 0.6) is 5.75 Å². The Bertz CT molecular complexity index is 759. The van der Waals surface area contributed by atoms with E-state index in [4.69, 9.17) is 17.0 Å². The molecule has 0 saturated carbocycles. The van der Waals surface area contributed by atoms with Crippen LogP contribution >= 0.6 is 12.2 Å². The smallest absolute Gasteiger partial charge is 0.207 e. The Balaban J connectivity index is 2.19. The van der Waals surface area contributed by atoms with Gasteiger partial charge in [-0.05, 0) is 29.8 Å². The summed E-state index contributed by atoms with van der Waals surface area (Å²) in [5.74, 6) is 0.599. The van der Waals surface area contributed by atoms with E-state index in [0.29, 0.717) is 41.6 Å². The fourth-order valence-corrected chi connectivity index (χ4v) is 2.40. The van der Waals surface area contributed by atoms with E-state index in [1.807, 2.05) is 32.0 Å². The van der Waals surface area contributed by atoms with Crippen LogP contribution in [0.3, 0.4) is 0 Å². The molecule has 1 unspecified atom stereocenters. The number of nitrogens with one attached hydrogen (secondary N) is 3. The van der Waals surface area contributed by atoms with Gasteiger partial charge in [-0.2, -0.15) is 5.10 Å². The molecule has 0 aliphatic carbocycles. The van der Waals surface area contributed by atoms with Crippen LogP contribution in [-0.2, 0) is 11.3 Å². The molecule has 4 N–H and O–H groups in total. The van der Waals surface area contributed by atoms with E-state index in [1.54, 1.807) is 12.1 Å². The number of carbonyl (C=O) groups excluding carboxylic acids is 1. The number of aliphatic hydroxyl groups excluding tert-OH is 1. The van der Waals surface area contributed by atoms with Crippen molar-refractivity contribution in [2.45, 2.75) is 32.5 Å². The maximum atomic E-state index is 10.5. The molecule has 0 saturated heterocycles. The molecule has 0 spiro atoms. The molecule has 0 radical (unpaired) electrons. The third-order valence-corrected chi connectivity index (χ3v) is 3.81. The Kier molecular flexibility index (Phi) is 7.71. The minimum absolute atomic E-state index is 0.154. The van der Waals surface area contributed by atoms with Gasteiger partial charge in [0, 0.05) is 24.7 Å². The first-order valence-corrected chi connectivity index (χ1v) is 8.80. The number of carbonyl (C=O) groups is 1. The Morgan fingerprint density at radius 3 is 2.81 bits per heavy atom. The quantitative estimate of drug-likeness (QED) is 0.373. The second-order valence-corrected chi connectivity index (χ2v) is 6.60. The molecular weight excluding hydrogens is 352 g/mol. The van der Waals surface area contributed by atoms with Gasteiger partial charge >= 0.3 is 0 Å². The monoisotopic (exact) mass is 376 g/mol. The number of aliphatic hydroxyl groups is 1. The zero-order valence-electron chi connectivity index (χ0n) is 14.9. The average molecular weight is 376 g/mol. The lowest BCUT2D eigenvalue weighted by Gasteiger charge is -2.17. The van der Waals surface area contributed by atoms with Gasteiger partial charge in [0.2, 0.25) is 6.41 Å². The SMILES string of the molecule is CC(C)NCC(O)COc1ccc(CNC=O)cc1-c1ccc(=S)[nH]n1. The van der Waals surface area contributed by atoms with Gasteiger partial charge in [0.1, 0.15) is 23.1 Å². The van der Waals surface area contributed by atoms with Gasteiger partial charge in [-0.25, -0.2) is 0 Å². The van der Waals surface area contributed by atoms with Crippen LogP contribution in [-0.4, -0.2) is 47.0 Å². The number of nitrogens with zero attached hydrogens (tertiary/aromatic N) is 1. The summed E-state index contributed by atoms with van der Waals surface area (Å²) in [4.78, 5) is 10.5. The standard InChI is InChI=1S/C18H24N4O3S/c1-12(2)20-9-14(24)10-25-17-5-3-13(8-19-11-23)7-15(17)16-4-6-18(26)22-21-16/h3-7,11-12,14,20,24H,8-10H2,1-2H3,(H,19,23)(H,22,26). The lowest BCUT2D eigenvalue weighted by Crippen LogP contribution is -2.35. The van der Waals surface area contributed by atoms with Crippen molar-refractivity contribution < 1.29 is 14.6 Å². The zero-order chi connectivity index (χ0) is 18.9. The minimum atomic E-state index is -0.629. The average Bonchev–Trinajstić information content (AvgIpc) is 2.64. The molecule has 1 atom stereocenters. The Labute approximate surface area is 157 Å². The lowest BCUT2D eigenvalue weighted by molar-refractivity contribution is -0.109. The first-order valence-electron chi connectivity index (χ1n) is 8.40. The summed E-state index contributed by atoms with van der Waals surface area (Å²) in [6, 6.07) is 9.40. The number of hydrogen-bond acceptors (Lipinski definition) is 6. The van der Waals surface area contributed by atoms with Crippen molar-refractivity contribution in [1.82, 2.24) is 20.8 Å². The van der Waals surface area contributed by atoms with E-state index >= 15 is 0 Å². The highest BCUT2D eigenvalue weighted by atomic mass is 32.1. The molecule has 0 fully saturated rings. The van der Waals surface area contributed by atoms with Crippen molar-refractivity contribution in [3.8, 4) is 17.0 Å². The van der Waals surface area contributed by atoms with Crippen LogP contribution in [0.15, 0.2) is 30.3 Å². The molecule has 1 aromatic carbocycles. The van der Waals surface area contributed by atoms with Crippen molar-refractivity contribution in [2.24, 2.45) is 0 Å². The molecule has 1 aromatic heterocycles. The number of hydrogen-bond donors (Lipinski definition) is 4. The molecule has 0 bridgehead atoms. The van der Waals surface area contributed by atoms with Gasteiger partial charge in [-0.15, -0.1) is 0 Å². The van der Waals surface area contributed by atoms with Gasteiger partial charge < -0.3 is 20.5 Å². The van der Waals surface area contributed by atoms with E-state index in [2.05, 4.69) is 20.8 Å². The Hall–Kier alpha value is -2.29. The van der Waals surface area contributed by atoms with Crippen molar-refractivity contribution in [3.05, 3.63) is 40.5 Å². The highest BCUT2D eigenvalue weighted by Crippen LogP contribution is 2.29. The number of rotatable bonds is 10. The first kappa shape index (κ1) is 20.0. The molecule has 0 aliphatic rings. The number of aromatic nitrogens is 2. The number of aromatic amines is 1. The van der Waals surface area contributed by atoms with Gasteiger partial charge in [0.15, 0.2) is 0 Å². The van der Waals surface area contributed by atoms with Crippen LogP contribution in [0.25, 0.3) is 11.3 Å². The molecule has 1 amide bonds. The highest BCUT2D eigenvalue weighted by molar-refractivity contribution is 7.71. The molecule has 0 aliphatic heterocycles. The maximum absolute atomic E-state index is 10.5. The summed E-state index contributed by atoms with van der Waals surface area (Å²) < 4.78 is 6.35. The van der Waals surface area contributed by atoms with Crippen molar-refractivity contribution in [2.75, 3.05) is 13.2 Å². The lowest BCUT2D eigenvalue weighted by atomic mass is 10.1. The molecule has 2 rings (SSSR count). The van der Waals surface area contributed by atoms with Crippen molar-refractivity contribution in [1.29, 1.82) is 0 Å². The third kappa shape index (κ3) is 6.21. The third-order valence-electron chi connectivity index (χ3n) is 3.58. The minimum Gasteiger partial charge on any atom is -0.490 e. The molecule has 140 valence electrons. The Morgan fingerprint density at radius 2 is 2.15 bits per heavy atom. The first-order chi connectivity index (χ1) is 12.5. The van der Waals surface area contributed by atoms with Gasteiger partial charge in [-0.3, -0.25) is 9.89 Å². The Morgan fingerprint density at radius 1 is 1.35 bits per heavy atom. The highest BCUT2D eigenvalue weighted by Gasteiger charge is 2.12. The zero-order valence-corrected chi connectivity index (χ0v) is 15.7. The predicted molar refractivity (Wildman–Crippen MR) is 102 cm³/mol. The number of benzene rings is 1. The van der Waals surface area contributed by atoms with Crippen LogP contribution < -0.4 is 15.4 Å². The fourth-order valence-electron chi connectivity index (χ4n) is 2.28. The summed E-state index contributed by atoms with van der Waals surface area (Å²) in [6.45, 7) is 5.04. The normalized spacial score (nSPS) is 12.0. The van der Waals surface area contributed by atoms with Crippen LogP contribution in [0.1, 0.15) is 19.4 Å².